The van der Waals surface area contributed by atoms with E-state index in [9.17, 15) is 23.7 Å². The van der Waals surface area contributed by atoms with E-state index in [2.05, 4.69) is 4.98 Å². The largest absolute Gasteiger partial charge is 0.308 e. The zero-order valence-electron chi connectivity index (χ0n) is 10.0. The molecule has 1 aromatic carbocycles. The van der Waals surface area contributed by atoms with Gasteiger partial charge in [0.05, 0.1) is 16.6 Å². The van der Waals surface area contributed by atoms with Crippen LogP contribution in [0.25, 0.3) is 0 Å². The average molecular weight is 278 g/mol. The summed E-state index contributed by atoms with van der Waals surface area (Å²) in [6, 6.07) is 4.19. The highest BCUT2D eigenvalue weighted by Gasteiger charge is 2.24. The summed E-state index contributed by atoms with van der Waals surface area (Å²) in [6.07, 6.45) is 2.71. The Morgan fingerprint density at radius 3 is 2.50 bits per heavy atom. The molecule has 0 saturated carbocycles. The molecule has 0 aliphatic rings. The lowest BCUT2D eigenvalue weighted by Crippen LogP contribution is -2.09. The molecule has 0 aliphatic heterocycles. The van der Waals surface area contributed by atoms with Gasteiger partial charge in [-0.05, 0) is 23.8 Å². The van der Waals surface area contributed by atoms with Crippen LogP contribution in [0.2, 0.25) is 0 Å². The number of carbonyl (C=O) groups excluding carboxylic acids is 1. The van der Waals surface area contributed by atoms with Gasteiger partial charge < -0.3 is 0 Å². The monoisotopic (exact) mass is 278 g/mol. The highest BCUT2D eigenvalue weighted by molar-refractivity contribution is 5.98. The van der Waals surface area contributed by atoms with Crippen LogP contribution in [0, 0.1) is 21.7 Å². The Balaban J connectivity index is 2.37. The van der Waals surface area contributed by atoms with E-state index >= 15 is 0 Å². The third kappa shape index (κ3) is 2.82. The van der Waals surface area contributed by atoms with Gasteiger partial charge in [-0.15, -0.1) is 0 Å². The molecule has 2 rings (SSSR count). The quantitative estimate of drug-likeness (QED) is 0.489. The van der Waals surface area contributed by atoms with Gasteiger partial charge in [0, 0.05) is 18.8 Å². The van der Waals surface area contributed by atoms with Crippen molar-refractivity contribution in [2.24, 2.45) is 0 Å². The van der Waals surface area contributed by atoms with Gasteiger partial charge in [0.1, 0.15) is 5.82 Å². The van der Waals surface area contributed by atoms with Crippen LogP contribution in [-0.2, 0) is 6.42 Å². The summed E-state index contributed by atoms with van der Waals surface area (Å²) in [5.41, 5.74) is -1.13. The fraction of sp³-hybridized carbons (Fsp3) is 0.0769. The van der Waals surface area contributed by atoms with Crippen molar-refractivity contribution in [1.82, 2.24) is 4.98 Å². The van der Waals surface area contributed by atoms with Crippen LogP contribution in [0.1, 0.15) is 15.9 Å². The lowest BCUT2D eigenvalue weighted by molar-refractivity contribution is -0.387. The molecular weight excluding hydrogens is 270 g/mol. The Hall–Kier alpha value is -2.70. The van der Waals surface area contributed by atoms with Crippen LogP contribution in [0.4, 0.5) is 14.5 Å². The number of hydrogen-bond donors (Lipinski definition) is 0. The molecule has 0 bridgehead atoms. The van der Waals surface area contributed by atoms with Gasteiger partial charge in [-0.25, -0.2) is 4.39 Å². The first-order chi connectivity index (χ1) is 9.49. The fourth-order valence-electron chi connectivity index (χ4n) is 1.69. The van der Waals surface area contributed by atoms with E-state index in [0.717, 1.165) is 0 Å². The van der Waals surface area contributed by atoms with Crippen molar-refractivity contribution >= 4 is 11.5 Å². The maximum Gasteiger partial charge on any atom is 0.308 e. The molecule has 0 aliphatic carbocycles. The van der Waals surface area contributed by atoms with Crippen LogP contribution >= 0.6 is 0 Å². The van der Waals surface area contributed by atoms with E-state index < -0.39 is 33.6 Å². The second-order valence-electron chi connectivity index (χ2n) is 4.00. The van der Waals surface area contributed by atoms with Crippen LogP contribution in [-0.4, -0.2) is 15.7 Å². The third-order valence-corrected chi connectivity index (χ3v) is 2.63. The smallest absolute Gasteiger partial charge is 0.294 e. The van der Waals surface area contributed by atoms with Crippen molar-refractivity contribution < 1.29 is 18.5 Å². The Bertz CT molecular complexity index is 675. The molecular formula is C13H8F2N2O3. The van der Waals surface area contributed by atoms with E-state index in [1.54, 1.807) is 12.1 Å². The molecule has 0 atom stereocenters. The number of nitrogens with zero attached hydrogens (tertiary/aromatic N) is 2. The molecule has 102 valence electrons. The van der Waals surface area contributed by atoms with Gasteiger partial charge in [-0.1, -0.05) is 0 Å². The minimum absolute atomic E-state index is 0.194. The summed E-state index contributed by atoms with van der Waals surface area (Å²) in [5.74, 6) is -3.09. The van der Waals surface area contributed by atoms with E-state index in [-0.39, 0.29) is 6.42 Å². The maximum absolute atomic E-state index is 13.8. The van der Waals surface area contributed by atoms with Gasteiger partial charge in [0.25, 0.3) is 0 Å². The first-order valence-corrected chi connectivity index (χ1v) is 5.54. The third-order valence-electron chi connectivity index (χ3n) is 2.63. The standard InChI is InChI=1S/C13H8F2N2O3/c14-9-6-10(13(15)11(7-9)17(19)20)12(18)5-8-1-3-16-4-2-8/h1-4,6-7H,5H2. The number of Topliss-reactive ketones (excluding diaryl/α,β-unsaturated/α-hetero) is 1. The Morgan fingerprint density at radius 1 is 1.25 bits per heavy atom. The molecule has 0 fully saturated rings. The highest BCUT2D eigenvalue weighted by Crippen LogP contribution is 2.23. The van der Waals surface area contributed by atoms with E-state index in [1.807, 2.05) is 0 Å². The van der Waals surface area contributed by atoms with Gasteiger partial charge in [-0.2, -0.15) is 4.39 Å². The lowest BCUT2D eigenvalue weighted by Gasteiger charge is -2.04. The van der Waals surface area contributed by atoms with Crippen molar-refractivity contribution in [3.63, 3.8) is 0 Å². The number of aromatic nitrogens is 1. The van der Waals surface area contributed by atoms with E-state index in [4.69, 9.17) is 0 Å². The molecule has 1 heterocycles. The van der Waals surface area contributed by atoms with Gasteiger partial charge in [0.2, 0.25) is 5.82 Å². The molecule has 2 aromatic rings. The zero-order chi connectivity index (χ0) is 14.7. The first kappa shape index (κ1) is 13.7. The number of rotatable bonds is 4. The number of pyridine rings is 1. The summed E-state index contributed by atoms with van der Waals surface area (Å²) in [5, 5.41) is 10.6. The van der Waals surface area contributed by atoms with Crippen molar-refractivity contribution in [1.29, 1.82) is 0 Å². The van der Waals surface area contributed by atoms with Crippen molar-refractivity contribution in [3.05, 3.63) is 69.5 Å². The average Bonchev–Trinajstić information content (AvgIpc) is 2.41. The number of hydrogen-bond acceptors (Lipinski definition) is 4. The summed E-state index contributed by atoms with van der Waals surface area (Å²) in [7, 11) is 0. The van der Waals surface area contributed by atoms with Gasteiger partial charge in [-0.3, -0.25) is 19.9 Å². The Kier molecular flexibility index (Phi) is 3.79. The molecule has 0 saturated heterocycles. The summed E-state index contributed by atoms with van der Waals surface area (Å²) < 4.78 is 27.0. The molecule has 0 radical (unpaired) electrons. The number of nitro groups is 1. The molecule has 5 nitrogen and oxygen atoms in total. The van der Waals surface area contributed by atoms with Crippen molar-refractivity contribution in [2.75, 3.05) is 0 Å². The van der Waals surface area contributed by atoms with Crippen LogP contribution < -0.4 is 0 Å². The number of ketones is 1. The van der Waals surface area contributed by atoms with Crippen LogP contribution in [0.5, 0.6) is 0 Å². The predicted molar refractivity (Wildman–Crippen MR) is 65.3 cm³/mol. The fourth-order valence-corrected chi connectivity index (χ4v) is 1.69. The lowest BCUT2D eigenvalue weighted by atomic mass is 10.0. The molecule has 0 unspecified atom stereocenters. The molecule has 20 heavy (non-hydrogen) atoms. The first-order valence-electron chi connectivity index (χ1n) is 5.54. The number of halogens is 2. The highest BCUT2D eigenvalue weighted by atomic mass is 19.1. The van der Waals surface area contributed by atoms with Crippen LogP contribution in [0.3, 0.4) is 0 Å². The summed E-state index contributed by atoms with van der Waals surface area (Å²) >= 11 is 0. The zero-order valence-corrected chi connectivity index (χ0v) is 10.0. The van der Waals surface area contributed by atoms with Crippen molar-refractivity contribution in [2.45, 2.75) is 6.42 Å². The molecule has 0 spiro atoms. The second-order valence-corrected chi connectivity index (χ2v) is 4.00. The summed E-state index contributed by atoms with van der Waals surface area (Å²) in [6.45, 7) is 0. The van der Waals surface area contributed by atoms with Crippen molar-refractivity contribution in [3.8, 4) is 0 Å². The Labute approximate surface area is 112 Å². The summed E-state index contributed by atoms with van der Waals surface area (Å²) in [4.78, 5) is 25.2. The van der Waals surface area contributed by atoms with Gasteiger partial charge in [0.15, 0.2) is 5.78 Å². The number of benzene rings is 1. The Morgan fingerprint density at radius 2 is 1.90 bits per heavy atom. The topological polar surface area (TPSA) is 73.1 Å². The normalized spacial score (nSPS) is 10.3. The van der Waals surface area contributed by atoms with Gasteiger partial charge >= 0.3 is 5.69 Å². The number of carbonyl (C=O) groups is 1. The predicted octanol–water partition coefficient (Wildman–Crippen LogP) is 2.69. The molecule has 1 aromatic heterocycles. The van der Waals surface area contributed by atoms with E-state index in [0.29, 0.717) is 17.7 Å². The van der Waals surface area contributed by atoms with E-state index in [1.165, 1.54) is 12.4 Å². The molecule has 7 heteroatoms. The molecule has 0 N–H and O–H groups in total. The minimum atomic E-state index is -1.32. The maximum atomic E-state index is 13.8. The molecule has 0 amide bonds. The number of nitro benzene ring substituents is 1. The second kappa shape index (κ2) is 5.52. The van der Waals surface area contributed by atoms with Crippen LogP contribution in [0.15, 0.2) is 36.7 Å². The minimum Gasteiger partial charge on any atom is -0.294 e. The SMILES string of the molecule is O=C(Cc1ccncc1)c1cc(F)cc([N+](=O)[O-])c1F.